The highest BCUT2D eigenvalue weighted by molar-refractivity contribution is 6.11. The summed E-state index contributed by atoms with van der Waals surface area (Å²) in [6, 6.07) is 6.74. The highest BCUT2D eigenvalue weighted by Gasteiger charge is 2.16. The van der Waals surface area contributed by atoms with Gasteiger partial charge in [-0.2, -0.15) is 5.23 Å². The Morgan fingerprint density at radius 3 is 2.63 bits per heavy atom. The molecule has 0 fully saturated rings. The van der Waals surface area contributed by atoms with Crippen molar-refractivity contribution >= 4 is 27.5 Å². The molecule has 1 heterocycles. The summed E-state index contributed by atoms with van der Waals surface area (Å²) in [5.41, 5.74) is 3.71. The van der Waals surface area contributed by atoms with Crippen LogP contribution in [0.4, 0.5) is 5.69 Å². The van der Waals surface area contributed by atoms with E-state index in [0.717, 1.165) is 27.4 Å². The lowest BCUT2D eigenvalue weighted by Crippen LogP contribution is -2.99. The molecule has 3 aromatic rings. The molecular formula is C14H14N2O3. The Morgan fingerprint density at radius 2 is 1.95 bits per heavy atom. The molecule has 4 N–H and O–H groups in total. The molecule has 0 aliphatic heterocycles. The second kappa shape index (κ2) is 3.96. The molecule has 5 nitrogen and oxygen atoms in total. The lowest BCUT2D eigenvalue weighted by atomic mass is 10.0. The van der Waals surface area contributed by atoms with Gasteiger partial charge in [0.2, 0.25) is 0 Å². The van der Waals surface area contributed by atoms with Crippen LogP contribution < -0.4 is 5.23 Å². The molecule has 19 heavy (non-hydrogen) atoms. The minimum atomic E-state index is -0.933. The Labute approximate surface area is 109 Å². The lowest BCUT2D eigenvalue weighted by Gasteiger charge is -2.15. The van der Waals surface area contributed by atoms with Gasteiger partial charge in [0.1, 0.15) is 5.75 Å². The minimum Gasteiger partial charge on any atom is -0.595 e. The zero-order chi connectivity index (χ0) is 13.7. The summed E-state index contributed by atoms with van der Waals surface area (Å²) in [5, 5.41) is 30.9. The van der Waals surface area contributed by atoms with Crippen LogP contribution in [0.2, 0.25) is 0 Å². The monoisotopic (exact) mass is 258 g/mol. The van der Waals surface area contributed by atoms with Gasteiger partial charge in [0.05, 0.1) is 5.52 Å². The molecule has 0 aliphatic rings. The van der Waals surface area contributed by atoms with Crippen molar-refractivity contribution in [2.75, 3.05) is 0 Å². The summed E-state index contributed by atoms with van der Waals surface area (Å²) < 4.78 is 0. The van der Waals surface area contributed by atoms with Gasteiger partial charge in [0.25, 0.3) is 0 Å². The third kappa shape index (κ3) is 1.67. The number of aromatic hydroxyl groups is 1. The zero-order valence-electron chi connectivity index (χ0n) is 10.6. The summed E-state index contributed by atoms with van der Waals surface area (Å²) >= 11 is 0. The number of quaternary nitrogens is 1. The van der Waals surface area contributed by atoms with Gasteiger partial charge < -0.3 is 15.3 Å². The number of aromatic amines is 1. The SMILES string of the molecule is Cc1cc([NH+]([O-])O)c(C)c2c1[nH]c1ccc(O)cc12. The molecule has 1 atom stereocenters. The molecule has 5 heteroatoms. The molecule has 1 aromatic heterocycles. The van der Waals surface area contributed by atoms with Crippen LogP contribution in [0.15, 0.2) is 24.3 Å². The number of nitrogens with one attached hydrogen (secondary N) is 2. The van der Waals surface area contributed by atoms with Crippen LogP contribution >= 0.6 is 0 Å². The fourth-order valence-corrected chi connectivity index (χ4v) is 2.62. The first-order chi connectivity index (χ1) is 8.99. The van der Waals surface area contributed by atoms with E-state index in [1.54, 1.807) is 31.2 Å². The van der Waals surface area contributed by atoms with E-state index in [1.165, 1.54) is 0 Å². The molecule has 0 saturated carbocycles. The molecular weight excluding hydrogens is 244 g/mol. The number of hydrogen-bond acceptors (Lipinski definition) is 3. The summed E-state index contributed by atoms with van der Waals surface area (Å²) in [5.74, 6) is 0.172. The van der Waals surface area contributed by atoms with E-state index in [1.807, 2.05) is 6.92 Å². The van der Waals surface area contributed by atoms with Crippen LogP contribution in [0, 0.1) is 19.1 Å². The maximum Gasteiger partial charge on any atom is 0.167 e. The Morgan fingerprint density at radius 1 is 1.21 bits per heavy atom. The van der Waals surface area contributed by atoms with Gasteiger partial charge in [-0.15, -0.1) is 0 Å². The highest BCUT2D eigenvalue weighted by Crippen LogP contribution is 2.34. The fraction of sp³-hybridized carbons (Fsp3) is 0.143. The van der Waals surface area contributed by atoms with Gasteiger partial charge in [-0.25, -0.2) is 5.21 Å². The number of phenols is 1. The molecule has 0 spiro atoms. The van der Waals surface area contributed by atoms with Crippen LogP contribution in [-0.4, -0.2) is 15.3 Å². The summed E-state index contributed by atoms with van der Waals surface area (Å²) in [6.45, 7) is 3.67. The molecule has 1 unspecified atom stereocenters. The number of rotatable bonds is 1. The number of H-pyrrole nitrogens is 1. The molecule has 0 amide bonds. The Balaban J connectivity index is 2.54. The average molecular weight is 258 g/mol. The van der Waals surface area contributed by atoms with Crippen molar-refractivity contribution in [3.05, 3.63) is 40.6 Å². The number of benzene rings is 2. The van der Waals surface area contributed by atoms with Crippen LogP contribution in [0.1, 0.15) is 11.1 Å². The molecule has 2 aromatic carbocycles. The maximum absolute atomic E-state index is 11.3. The van der Waals surface area contributed by atoms with Gasteiger partial charge in [-0.3, -0.25) is 0 Å². The van der Waals surface area contributed by atoms with Crippen LogP contribution in [0.5, 0.6) is 5.75 Å². The smallest absolute Gasteiger partial charge is 0.167 e. The molecule has 0 saturated heterocycles. The molecule has 98 valence electrons. The number of fused-ring (bicyclic) bond motifs is 3. The first kappa shape index (κ1) is 12.0. The van der Waals surface area contributed by atoms with Crippen molar-refractivity contribution < 1.29 is 15.5 Å². The summed E-state index contributed by atoms with van der Waals surface area (Å²) in [4.78, 5) is 3.28. The molecule has 0 radical (unpaired) electrons. The van der Waals surface area contributed by atoms with Gasteiger partial charge in [0, 0.05) is 27.9 Å². The predicted octanol–water partition coefficient (Wildman–Crippen LogP) is 2.05. The van der Waals surface area contributed by atoms with E-state index in [2.05, 4.69) is 4.98 Å². The average Bonchev–Trinajstić information content (AvgIpc) is 2.72. The quantitative estimate of drug-likeness (QED) is 0.504. The highest BCUT2D eigenvalue weighted by atomic mass is 16.8. The standard InChI is InChI=1S/C14H14N2O3/c1-7-5-12(16(18)19)8(2)13-10-6-9(17)3-4-11(10)15-14(7)13/h3-6,15-18H,1-2H3. The fourth-order valence-electron chi connectivity index (χ4n) is 2.62. The number of aryl methyl sites for hydroxylation is 2. The predicted molar refractivity (Wildman–Crippen MR) is 72.7 cm³/mol. The zero-order valence-corrected chi connectivity index (χ0v) is 10.6. The molecule has 3 rings (SSSR count). The van der Waals surface area contributed by atoms with Crippen molar-refractivity contribution in [3.63, 3.8) is 0 Å². The van der Waals surface area contributed by atoms with Crippen LogP contribution in [0.25, 0.3) is 21.8 Å². The molecule has 0 bridgehead atoms. The number of hydrogen-bond donors (Lipinski definition) is 4. The maximum atomic E-state index is 11.3. The molecule has 0 aliphatic carbocycles. The first-order valence-electron chi connectivity index (χ1n) is 5.97. The van der Waals surface area contributed by atoms with E-state index in [9.17, 15) is 15.5 Å². The summed E-state index contributed by atoms with van der Waals surface area (Å²) in [6.07, 6.45) is 0. The summed E-state index contributed by atoms with van der Waals surface area (Å²) in [7, 11) is 0. The minimum absolute atomic E-state index is 0.172. The third-order valence-corrected chi connectivity index (χ3v) is 3.55. The van der Waals surface area contributed by atoms with E-state index in [0.29, 0.717) is 11.3 Å². The van der Waals surface area contributed by atoms with Crippen molar-refractivity contribution in [3.8, 4) is 5.75 Å². The van der Waals surface area contributed by atoms with Crippen LogP contribution in [-0.2, 0) is 0 Å². The Kier molecular flexibility index (Phi) is 2.50. The Hall–Kier alpha value is -2.08. The van der Waals surface area contributed by atoms with E-state index in [4.69, 9.17) is 0 Å². The van der Waals surface area contributed by atoms with E-state index >= 15 is 0 Å². The normalized spacial score (nSPS) is 13.3. The largest absolute Gasteiger partial charge is 0.595 e. The second-order valence-corrected chi connectivity index (χ2v) is 4.78. The first-order valence-corrected chi connectivity index (χ1v) is 5.97. The number of aromatic nitrogens is 1. The van der Waals surface area contributed by atoms with Gasteiger partial charge in [0.15, 0.2) is 5.69 Å². The van der Waals surface area contributed by atoms with Gasteiger partial charge >= 0.3 is 0 Å². The van der Waals surface area contributed by atoms with Gasteiger partial charge in [-0.1, -0.05) is 0 Å². The second-order valence-electron chi connectivity index (χ2n) is 4.78. The topological polar surface area (TPSA) is 83.8 Å². The Bertz CT molecular complexity index is 790. The van der Waals surface area contributed by atoms with E-state index in [-0.39, 0.29) is 5.75 Å². The third-order valence-electron chi connectivity index (χ3n) is 3.55. The van der Waals surface area contributed by atoms with Crippen molar-refractivity contribution in [2.24, 2.45) is 0 Å². The van der Waals surface area contributed by atoms with Crippen molar-refractivity contribution in [2.45, 2.75) is 13.8 Å². The lowest BCUT2D eigenvalue weighted by molar-refractivity contribution is -0.991. The van der Waals surface area contributed by atoms with E-state index < -0.39 is 5.23 Å². The number of phenolic OH excluding ortho intramolecular Hbond substituents is 1. The van der Waals surface area contributed by atoms with Crippen molar-refractivity contribution in [1.82, 2.24) is 4.98 Å². The van der Waals surface area contributed by atoms with Crippen molar-refractivity contribution in [1.29, 1.82) is 0 Å². The van der Waals surface area contributed by atoms with Gasteiger partial charge in [-0.05, 0) is 37.6 Å². The van der Waals surface area contributed by atoms with Crippen LogP contribution in [0.3, 0.4) is 0 Å².